The standard InChI is InChI=1S/C21H18N6O6S/c1-11-12(2)34-19(17(11)21(30)33-3)24-16(28)9-25-10-22-18-13(20(25)29)8-23-26(18)14-6-4-5-7-15(14)27(31)32/h4-8,10H,9H2,1-3H3,(H,24,28). The number of hydrogen-bond acceptors (Lipinski definition) is 9. The third-order valence-corrected chi connectivity index (χ3v) is 6.33. The molecule has 0 radical (unpaired) electrons. The molecule has 0 saturated heterocycles. The van der Waals surface area contributed by atoms with Crippen molar-refractivity contribution in [1.82, 2.24) is 19.3 Å². The van der Waals surface area contributed by atoms with Gasteiger partial charge in [-0.05, 0) is 25.5 Å². The number of amides is 1. The summed E-state index contributed by atoms with van der Waals surface area (Å²) in [4.78, 5) is 53.6. The van der Waals surface area contributed by atoms with E-state index in [9.17, 15) is 24.5 Å². The Morgan fingerprint density at radius 3 is 2.71 bits per heavy atom. The van der Waals surface area contributed by atoms with Gasteiger partial charge >= 0.3 is 5.97 Å². The minimum atomic E-state index is -0.570. The number of nitro groups is 1. The number of aryl methyl sites for hydroxylation is 1. The van der Waals surface area contributed by atoms with Crippen molar-refractivity contribution in [2.45, 2.75) is 20.4 Å². The number of nitrogens with one attached hydrogen (secondary N) is 1. The van der Waals surface area contributed by atoms with E-state index in [-0.39, 0.29) is 34.5 Å². The molecule has 13 heteroatoms. The number of fused-ring (bicyclic) bond motifs is 1. The van der Waals surface area contributed by atoms with Crippen LogP contribution in [0, 0.1) is 24.0 Å². The third kappa shape index (κ3) is 3.92. The number of anilines is 1. The lowest BCUT2D eigenvalue weighted by atomic mass is 10.1. The smallest absolute Gasteiger partial charge is 0.341 e. The zero-order valence-corrected chi connectivity index (χ0v) is 19.1. The third-order valence-electron chi connectivity index (χ3n) is 5.20. The van der Waals surface area contributed by atoms with Gasteiger partial charge in [0.15, 0.2) is 5.65 Å². The second kappa shape index (κ2) is 8.86. The first kappa shape index (κ1) is 22.8. The summed E-state index contributed by atoms with van der Waals surface area (Å²) in [6.07, 6.45) is 2.42. The summed E-state index contributed by atoms with van der Waals surface area (Å²) in [7, 11) is 1.26. The molecule has 0 fully saturated rings. The maximum Gasteiger partial charge on any atom is 0.341 e. The maximum absolute atomic E-state index is 12.9. The van der Waals surface area contributed by atoms with Crippen LogP contribution >= 0.6 is 11.3 Å². The second-order valence-electron chi connectivity index (χ2n) is 7.24. The van der Waals surface area contributed by atoms with Crippen molar-refractivity contribution in [1.29, 1.82) is 0 Å². The highest BCUT2D eigenvalue weighted by atomic mass is 32.1. The van der Waals surface area contributed by atoms with Crippen LogP contribution in [0.1, 0.15) is 20.8 Å². The van der Waals surface area contributed by atoms with Crippen LogP contribution in [0.5, 0.6) is 0 Å². The quantitative estimate of drug-likeness (QED) is 0.250. The molecule has 174 valence electrons. The number of esters is 1. The van der Waals surface area contributed by atoms with Gasteiger partial charge in [0.25, 0.3) is 11.2 Å². The molecule has 1 aromatic carbocycles. The molecule has 0 saturated carbocycles. The zero-order chi connectivity index (χ0) is 24.6. The number of hydrogen-bond donors (Lipinski definition) is 1. The van der Waals surface area contributed by atoms with E-state index in [1.165, 1.54) is 53.9 Å². The minimum Gasteiger partial charge on any atom is -0.465 e. The molecule has 0 aliphatic carbocycles. The van der Waals surface area contributed by atoms with Crippen LogP contribution in [0.25, 0.3) is 16.7 Å². The Bertz CT molecular complexity index is 1520. The van der Waals surface area contributed by atoms with Gasteiger partial charge in [0.05, 0.1) is 23.8 Å². The lowest BCUT2D eigenvalue weighted by Crippen LogP contribution is -2.28. The minimum absolute atomic E-state index is 0.0894. The Labute approximate surface area is 195 Å². The molecule has 0 spiro atoms. The number of carbonyl (C=O) groups is 2. The largest absolute Gasteiger partial charge is 0.465 e. The van der Waals surface area contributed by atoms with E-state index in [1.54, 1.807) is 13.0 Å². The van der Waals surface area contributed by atoms with Crippen LogP contribution in [-0.2, 0) is 16.1 Å². The van der Waals surface area contributed by atoms with E-state index in [1.807, 2.05) is 6.92 Å². The summed E-state index contributed by atoms with van der Waals surface area (Å²) in [6, 6.07) is 5.95. The molecule has 0 bridgehead atoms. The van der Waals surface area contributed by atoms with Crippen molar-refractivity contribution in [3.8, 4) is 5.69 Å². The van der Waals surface area contributed by atoms with Crippen LogP contribution in [0.3, 0.4) is 0 Å². The Morgan fingerprint density at radius 1 is 1.26 bits per heavy atom. The predicted molar refractivity (Wildman–Crippen MR) is 124 cm³/mol. The molecular weight excluding hydrogens is 464 g/mol. The van der Waals surface area contributed by atoms with Crippen LogP contribution < -0.4 is 10.9 Å². The van der Waals surface area contributed by atoms with E-state index >= 15 is 0 Å². The van der Waals surface area contributed by atoms with Crippen molar-refractivity contribution >= 4 is 44.9 Å². The van der Waals surface area contributed by atoms with Gasteiger partial charge in [-0.25, -0.2) is 14.5 Å². The molecular formula is C21H18N6O6S. The topological polar surface area (TPSA) is 151 Å². The van der Waals surface area contributed by atoms with Gasteiger partial charge in [0.2, 0.25) is 5.91 Å². The summed E-state index contributed by atoms with van der Waals surface area (Å²) in [5, 5.41) is 18.5. The number of benzene rings is 1. The van der Waals surface area contributed by atoms with Crippen molar-refractivity contribution in [3.05, 3.63) is 73.3 Å². The van der Waals surface area contributed by atoms with E-state index in [0.29, 0.717) is 10.6 Å². The Hall–Kier alpha value is -4.39. The maximum atomic E-state index is 12.9. The lowest BCUT2D eigenvalue weighted by Gasteiger charge is -2.08. The summed E-state index contributed by atoms with van der Waals surface area (Å²) in [6.45, 7) is 3.21. The molecule has 34 heavy (non-hydrogen) atoms. The molecule has 3 heterocycles. The number of para-hydroxylation sites is 2. The summed E-state index contributed by atoms with van der Waals surface area (Å²) >= 11 is 1.23. The molecule has 0 aliphatic heterocycles. The van der Waals surface area contributed by atoms with Crippen molar-refractivity contribution in [3.63, 3.8) is 0 Å². The first-order valence-electron chi connectivity index (χ1n) is 9.88. The van der Waals surface area contributed by atoms with E-state index in [4.69, 9.17) is 4.74 Å². The number of rotatable bonds is 6. The van der Waals surface area contributed by atoms with Gasteiger partial charge in [-0.15, -0.1) is 11.3 Å². The highest BCUT2D eigenvalue weighted by molar-refractivity contribution is 7.16. The number of thiophene rings is 1. The number of ether oxygens (including phenoxy) is 1. The highest BCUT2D eigenvalue weighted by Gasteiger charge is 2.23. The van der Waals surface area contributed by atoms with Crippen LogP contribution in [-0.4, -0.2) is 43.2 Å². The SMILES string of the molecule is COC(=O)c1c(NC(=O)Cn2cnc3c(cnn3-c3ccccc3[N+](=O)[O-])c2=O)sc(C)c1C. The molecule has 1 N–H and O–H groups in total. The second-order valence-corrected chi connectivity index (χ2v) is 8.47. The molecule has 0 unspecified atom stereocenters. The Balaban J connectivity index is 1.64. The highest BCUT2D eigenvalue weighted by Crippen LogP contribution is 2.33. The van der Waals surface area contributed by atoms with Crippen LogP contribution in [0.2, 0.25) is 0 Å². The average Bonchev–Trinajstić information content (AvgIpc) is 3.36. The van der Waals surface area contributed by atoms with Crippen molar-refractivity contribution in [2.24, 2.45) is 0 Å². The fourth-order valence-corrected chi connectivity index (χ4v) is 4.48. The zero-order valence-electron chi connectivity index (χ0n) is 18.3. The Kier molecular flexibility index (Phi) is 5.94. The summed E-state index contributed by atoms with van der Waals surface area (Å²) in [5.41, 5.74) is 0.509. The number of nitro benzene ring substituents is 1. The van der Waals surface area contributed by atoms with Gasteiger partial charge in [-0.2, -0.15) is 5.10 Å². The fraction of sp³-hybridized carbons (Fsp3) is 0.190. The van der Waals surface area contributed by atoms with Crippen LogP contribution in [0.15, 0.2) is 41.6 Å². The molecule has 0 atom stereocenters. The monoisotopic (exact) mass is 482 g/mol. The number of carbonyl (C=O) groups excluding carboxylic acids is 2. The molecule has 12 nitrogen and oxygen atoms in total. The number of methoxy groups -OCH3 is 1. The number of aromatic nitrogens is 4. The molecule has 3 aromatic heterocycles. The molecule has 1 amide bonds. The van der Waals surface area contributed by atoms with E-state index in [2.05, 4.69) is 15.4 Å². The van der Waals surface area contributed by atoms with Crippen LogP contribution in [0.4, 0.5) is 10.7 Å². The summed E-state index contributed by atoms with van der Waals surface area (Å²) < 4.78 is 7.10. The average molecular weight is 482 g/mol. The summed E-state index contributed by atoms with van der Waals surface area (Å²) in [5.74, 6) is -1.11. The lowest BCUT2D eigenvalue weighted by molar-refractivity contribution is -0.384. The molecule has 4 rings (SSSR count). The Morgan fingerprint density at radius 2 is 2.00 bits per heavy atom. The van der Waals surface area contributed by atoms with Gasteiger partial charge in [0.1, 0.15) is 28.9 Å². The normalized spacial score (nSPS) is 10.9. The number of nitrogens with zero attached hydrogens (tertiary/aromatic N) is 5. The van der Waals surface area contributed by atoms with Gasteiger partial charge < -0.3 is 10.1 Å². The fourth-order valence-electron chi connectivity index (χ4n) is 3.42. The van der Waals surface area contributed by atoms with Crippen molar-refractivity contribution < 1.29 is 19.2 Å². The molecule has 0 aliphatic rings. The first-order chi connectivity index (χ1) is 16.2. The molecule has 4 aromatic rings. The van der Waals surface area contributed by atoms with E-state index < -0.39 is 22.4 Å². The van der Waals surface area contributed by atoms with Gasteiger partial charge in [-0.3, -0.25) is 24.3 Å². The van der Waals surface area contributed by atoms with E-state index in [0.717, 1.165) is 9.44 Å². The first-order valence-corrected chi connectivity index (χ1v) is 10.7. The van der Waals surface area contributed by atoms with Crippen molar-refractivity contribution in [2.75, 3.05) is 12.4 Å². The van der Waals surface area contributed by atoms with Gasteiger partial charge in [0, 0.05) is 10.9 Å². The van der Waals surface area contributed by atoms with Gasteiger partial charge in [-0.1, -0.05) is 12.1 Å². The predicted octanol–water partition coefficient (Wildman–Crippen LogP) is 2.59.